The van der Waals surface area contributed by atoms with Crippen LogP contribution in [0.4, 0.5) is 10.1 Å². The summed E-state index contributed by atoms with van der Waals surface area (Å²) in [6, 6.07) is 11.2. The predicted molar refractivity (Wildman–Crippen MR) is 139 cm³/mol. The number of aromatic nitrogens is 1. The number of halogens is 2. The fraction of sp³-hybridized carbons (Fsp3) is 0.222. The number of rotatable bonds is 9. The molecule has 0 bridgehead atoms. The highest BCUT2D eigenvalue weighted by Gasteiger charge is 2.21. The Morgan fingerprint density at radius 3 is 2.50 bits per heavy atom. The van der Waals surface area contributed by atoms with Gasteiger partial charge in [-0.3, -0.25) is 20.0 Å². The van der Waals surface area contributed by atoms with Crippen molar-refractivity contribution in [2.24, 2.45) is 0 Å². The van der Waals surface area contributed by atoms with E-state index in [0.29, 0.717) is 16.3 Å². The maximum absolute atomic E-state index is 14.9. The zero-order chi connectivity index (χ0) is 27.2. The van der Waals surface area contributed by atoms with E-state index in [1.165, 1.54) is 36.5 Å². The molecule has 2 heterocycles. The topological polar surface area (TPSA) is 133 Å². The van der Waals surface area contributed by atoms with Gasteiger partial charge in [0.1, 0.15) is 17.4 Å². The first-order valence-electron chi connectivity index (χ1n) is 11.8. The lowest BCUT2D eigenvalue weighted by Crippen LogP contribution is -2.28. The minimum atomic E-state index is -1.20. The van der Waals surface area contributed by atoms with Gasteiger partial charge in [-0.2, -0.15) is 0 Å². The van der Waals surface area contributed by atoms with Crippen molar-refractivity contribution in [1.82, 2.24) is 9.88 Å². The number of nitrogens with one attached hydrogen (secondary N) is 2. The molecule has 196 valence electrons. The predicted octanol–water partition coefficient (Wildman–Crippen LogP) is 4.44. The van der Waals surface area contributed by atoms with Gasteiger partial charge >= 0.3 is 5.97 Å². The summed E-state index contributed by atoms with van der Waals surface area (Å²) in [7, 11) is 0. The molecular weight excluding hydrogens is 515 g/mol. The van der Waals surface area contributed by atoms with Crippen LogP contribution in [0.15, 0.2) is 54.7 Å². The second-order valence-electron chi connectivity index (χ2n) is 8.65. The maximum Gasteiger partial charge on any atom is 0.341 e. The molecule has 4 rings (SSSR count). The first-order valence-corrected chi connectivity index (χ1v) is 12.2. The van der Waals surface area contributed by atoms with Gasteiger partial charge in [0.15, 0.2) is 12.4 Å². The van der Waals surface area contributed by atoms with Crippen LogP contribution in [0.3, 0.4) is 0 Å². The Hall–Kier alpha value is -4.31. The number of Topliss-reactive ketones (excluding diaryl/α,β-unsaturated/α-hetero) is 1. The Kier molecular flexibility index (Phi) is 8.32. The number of ketones is 1. The van der Waals surface area contributed by atoms with E-state index in [-0.39, 0.29) is 34.8 Å². The monoisotopic (exact) mass is 538 g/mol. The molecule has 1 amide bonds. The SMILES string of the molecule is N=C(c1ccc(C(=O)Nc2ccc(OCC(=O)O)cc2C(=O)Cc2ccc(Cl)cn2)c(F)c1)N1CCCC1. The molecule has 1 aromatic heterocycles. The molecule has 11 heteroatoms. The van der Waals surface area contributed by atoms with Crippen LogP contribution in [-0.4, -0.2) is 58.2 Å². The number of anilines is 1. The van der Waals surface area contributed by atoms with E-state index in [0.717, 1.165) is 32.0 Å². The smallest absolute Gasteiger partial charge is 0.341 e. The summed E-state index contributed by atoms with van der Waals surface area (Å²) in [5, 5.41) is 20.2. The van der Waals surface area contributed by atoms with Gasteiger partial charge in [-0.05, 0) is 55.3 Å². The van der Waals surface area contributed by atoms with E-state index >= 15 is 0 Å². The van der Waals surface area contributed by atoms with E-state index in [4.69, 9.17) is 26.9 Å². The van der Waals surface area contributed by atoms with Crippen LogP contribution in [0.1, 0.15) is 44.8 Å². The number of ether oxygens (including phenoxy) is 1. The molecule has 0 radical (unpaired) electrons. The van der Waals surface area contributed by atoms with Gasteiger partial charge in [-0.15, -0.1) is 0 Å². The number of hydrogen-bond donors (Lipinski definition) is 3. The minimum Gasteiger partial charge on any atom is -0.482 e. The number of pyridine rings is 1. The Labute approximate surface area is 222 Å². The number of carbonyl (C=O) groups is 3. The van der Waals surface area contributed by atoms with Crippen LogP contribution in [0, 0.1) is 11.2 Å². The van der Waals surface area contributed by atoms with Crippen LogP contribution >= 0.6 is 11.6 Å². The second kappa shape index (κ2) is 11.8. The standard InChI is InChI=1S/C27H24ClFN4O5/c28-17-4-5-18(31-14-17)12-24(34)21-13-19(38-15-25(35)36)6-8-23(21)32-27(37)20-7-3-16(11-22(20)29)26(30)33-9-1-2-10-33/h3-8,11,13-14,30H,1-2,9-10,12,15H2,(H,32,37)(H,35,36). The molecule has 3 N–H and O–H groups in total. The van der Waals surface area contributed by atoms with Gasteiger partial charge in [0.25, 0.3) is 5.91 Å². The Bertz CT molecular complexity index is 1390. The van der Waals surface area contributed by atoms with E-state index in [9.17, 15) is 18.8 Å². The van der Waals surface area contributed by atoms with Gasteiger partial charge in [-0.1, -0.05) is 17.7 Å². The maximum atomic E-state index is 14.9. The first-order chi connectivity index (χ1) is 18.2. The molecule has 0 unspecified atom stereocenters. The number of hydrogen-bond acceptors (Lipinski definition) is 6. The highest BCUT2D eigenvalue weighted by atomic mass is 35.5. The summed E-state index contributed by atoms with van der Waals surface area (Å²) >= 11 is 5.86. The molecule has 3 aromatic rings. The van der Waals surface area contributed by atoms with E-state index < -0.39 is 30.1 Å². The molecule has 1 aliphatic rings. The van der Waals surface area contributed by atoms with Gasteiger partial charge < -0.3 is 20.1 Å². The van der Waals surface area contributed by atoms with Crippen molar-refractivity contribution in [2.45, 2.75) is 19.3 Å². The van der Waals surface area contributed by atoms with Crippen molar-refractivity contribution < 1.29 is 28.6 Å². The van der Waals surface area contributed by atoms with Crippen molar-refractivity contribution in [3.63, 3.8) is 0 Å². The average Bonchev–Trinajstić information content (AvgIpc) is 3.44. The summed E-state index contributed by atoms with van der Waals surface area (Å²) < 4.78 is 20.1. The highest BCUT2D eigenvalue weighted by molar-refractivity contribution is 6.30. The summed E-state index contributed by atoms with van der Waals surface area (Å²) in [4.78, 5) is 43.0. The van der Waals surface area contributed by atoms with E-state index in [1.54, 1.807) is 12.1 Å². The number of aliphatic carboxylic acids is 1. The molecule has 0 saturated carbocycles. The van der Waals surface area contributed by atoms with Crippen LogP contribution in [0.25, 0.3) is 0 Å². The number of nitrogens with zero attached hydrogens (tertiary/aromatic N) is 2. The largest absolute Gasteiger partial charge is 0.482 e. The average molecular weight is 539 g/mol. The fourth-order valence-electron chi connectivity index (χ4n) is 4.03. The number of amides is 1. The molecular formula is C27H24ClFN4O5. The molecule has 0 aliphatic carbocycles. The lowest BCUT2D eigenvalue weighted by Gasteiger charge is -2.19. The quantitative estimate of drug-likeness (QED) is 0.208. The Morgan fingerprint density at radius 2 is 1.84 bits per heavy atom. The molecule has 0 atom stereocenters. The minimum absolute atomic E-state index is 0.0332. The lowest BCUT2D eigenvalue weighted by atomic mass is 10.0. The number of carbonyl (C=O) groups excluding carboxylic acids is 2. The zero-order valence-corrected chi connectivity index (χ0v) is 20.9. The van der Waals surface area contributed by atoms with Gasteiger partial charge in [0.2, 0.25) is 0 Å². The van der Waals surface area contributed by atoms with Gasteiger partial charge in [0.05, 0.1) is 22.7 Å². The van der Waals surface area contributed by atoms with Crippen molar-refractivity contribution in [2.75, 3.05) is 25.0 Å². The zero-order valence-electron chi connectivity index (χ0n) is 20.2. The fourth-order valence-corrected chi connectivity index (χ4v) is 4.14. The Morgan fingerprint density at radius 1 is 1.08 bits per heavy atom. The van der Waals surface area contributed by atoms with Crippen molar-refractivity contribution in [3.05, 3.63) is 88.0 Å². The Balaban J connectivity index is 1.57. The number of benzene rings is 2. The van der Waals surface area contributed by atoms with Gasteiger partial charge in [0, 0.05) is 36.1 Å². The summed E-state index contributed by atoms with van der Waals surface area (Å²) in [5.74, 6) is -2.92. The van der Waals surface area contributed by atoms with Crippen LogP contribution in [0.2, 0.25) is 5.02 Å². The third-order valence-corrected chi connectivity index (χ3v) is 6.17. The van der Waals surface area contributed by atoms with Crippen LogP contribution in [-0.2, 0) is 11.2 Å². The molecule has 1 aliphatic heterocycles. The van der Waals surface area contributed by atoms with E-state index in [1.807, 2.05) is 4.90 Å². The third kappa shape index (κ3) is 6.51. The van der Waals surface area contributed by atoms with E-state index in [2.05, 4.69) is 10.3 Å². The summed E-state index contributed by atoms with van der Waals surface area (Å²) in [5.41, 5.74) is 0.658. The number of amidine groups is 1. The number of likely N-dealkylation sites (tertiary alicyclic amines) is 1. The van der Waals surface area contributed by atoms with Crippen LogP contribution < -0.4 is 10.1 Å². The van der Waals surface area contributed by atoms with Crippen LogP contribution in [0.5, 0.6) is 5.75 Å². The van der Waals surface area contributed by atoms with Crippen molar-refractivity contribution in [3.8, 4) is 5.75 Å². The van der Waals surface area contributed by atoms with Gasteiger partial charge in [-0.25, -0.2) is 9.18 Å². The summed E-state index contributed by atoms with van der Waals surface area (Å²) in [6.07, 6.45) is 3.21. The lowest BCUT2D eigenvalue weighted by molar-refractivity contribution is -0.139. The highest BCUT2D eigenvalue weighted by Crippen LogP contribution is 2.26. The first kappa shape index (κ1) is 26.7. The molecule has 2 aromatic carbocycles. The molecule has 38 heavy (non-hydrogen) atoms. The number of carboxylic acid groups (broad SMARTS) is 1. The van der Waals surface area contributed by atoms with Crippen molar-refractivity contribution >= 4 is 40.8 Å². The second-order valence-corrected chi connectivity index (χ2v) is 9.09. The molecule has 9 nitrogen and oxygen atoms in total. The molecule has 0 spiro atoms. The molecule has 1 saturated heterocycles. The summed E-state index contributed by atoms with van der Waals surface area (Å²) in [6.45, 7) is 0.844. The number of carboxylic acids is 1. The third-order valence-electron chi connectivity index (χ3n) is 5.94. The van der Waals surface area contributed by atoms with Crippen molar-refractivity contribution in [1.29, 1.82) is 5.41 Å². The molecule has 1 fully saturated rings. The normalized spacial score (nSPS) is 12.7.